The topological polar surface area (TPSA) is 52.1 Å². The Morgan fingerprint density at radius 1 is 1.23 bits per heavy atom. The van der Waals surface area contributed by atoms with E-state index in [0.29, 0.717) is 12.1 Å². The standard InChI is InChI=1S/C23H39N5O.HI/c1-19(27(3)16-20-7-5-4-6-8-20)15-25-23(24-2)26-22-9-12-28(13-10-22)17-21-11-14-29-18-21;/h4-8,19,21-22H,9-18H2,1-3H3,(H2,24,25,26);1H. The number of aliphatic imine (C=N–C) groups is 1. The smallest absolute Gasteiger partial charge is 0.191 e. The molecule has 0 saturated carbocycles. The number of hydrogen-bond acceptors (Lipinski definition) is 4. The fourth-order valence-corrected chi connectivity index (χ4v) is 4.17. The minimum Gasteiger partial charge on any atom is -0.381 e. The number of likely N-dealkylation sites (tertiary alicyclic amines) is 1. The molecule has 2 aliphatic rings. The first-order valence-corrected chi connectivity index (χ1v) is 11.2. The Morgan fingerprint density at radius 2 is 1.97 bits per heavy atom. The summed E-state index contributed by atoms with van der Waals surface area (Å²) in [6, 6.07) is 11.6. The van der Waals surface area contributed by atoms with Crippen LogP contribution in [0.1, 0.15) is 31.7 Å². The third kappa shape index (κ3) is 8.32. The van der Waals surface area contributed by atoms with Crippen molar-refractivity contribution in [1.82, 2.24) is 20.4 Å². The highest BCUT2D eigenvalue weighted by molar-refractivity contribution is 14.0. The van der Waals surface area contributed by atoms with Gasteiger partial charge in [-0.2, -0.15) is 0 Å². The Kier molecular flexibility index (Phi) is 11.4. The summed E-state index contributed by atoms with van der Waals surface area (Å²) >= 11 is 0. The first-order chi connectivity index (χ1) is 14.1. The molecule has 1 aromatic rings. The molecule has 3 rings (SSSR count). The van der Waals surface area contributed by atoms with Crippen LogP contribution in [0.25, 0.3) is 0 Å². The van der Waals surface area contributed by atoms with Gasteiger partial charge in [-0.05, 0) is 44.7 Å². The summed E-state index contributed by atoms with van der Waals surface area (Å²) < 4.78 is 5.52. The molecule has 7 heteroatoms. The Hall–Kier alpha value is -0.900. The molecule has 2 saturated heterocycles. The van der Waals surface area contributed by atoms with Crippen LogP contribution >= 0.6 is 24.0 Å². The van der Waals surface area contributed by atoms with E-state index < -0.39 is 0 Å². The van der Waals surface area contributed by atoms with Crippen LogP contribution in [0.15, 0.2) is 35.3 Å². The first kappa shape index (κ1) is 25.4. The Morgan fingerprint density at radius 3 is 2.60 bits per heavy atom. The van der Waals surface area contributed by atoms with Gasteiger partial charge in [0.15, 0.2) is 5.96 Å². The zero-order valence-electron chi connectivity index (χ0n) is 18.8. The van der Waals surface area contributed by atoms with Crippen LogP contribution in [-0.2, 0) is 11.3 Å². The number of nitrogens with zero attached hydrogens (tertiary/aromatic N) is 3. The van der Waals surface area contributed by atoms with Crippen molar-refractivity contribution in [3.05, 3.63) is 35.9 Å². The highest BCUT2D eigenvalue weighted by atomic mass is 127. The number of nitrogens with one attached hydrogen (secondary N) is 2. The molecule has 0 amide bonds. The van der Waals surface area contributed by atoms with Crippen molar-refractivity contribution >= 4 is 29.9 Å². The van der Waals surface area contributed by atoms with Crippen molar-refractivity contribution in [2.24, 2.45) is 10.9 Å². The lowest BCUT2D eigenvalue weighted by molar-refractivity contribution is 0.150. The molecular formula is C23H40IN5O. The summed E-state index contributed by atoms with van der Waals surface area (Å²) in [6.45, 7) is 9.53. The van der Waals surface area contributed by atoms with Gasteiger partial charge in [0, 0.05) is 58.5 Å². The fraction of sp³-hybridized carbons (Fsp3) is 0.696. The molecule has 2 heterocycles. The van der Waals surface area contributed by atoms with Gasteiger partial charge in [0.2, 0.25) is 0 Å². The van der Waals surface area contributed by atoms with E-state index in [1.807, 2.05) is 7.05 Å². The molecule has 30 heavy (non-hydrogen) atoms. The fourth-order valence-electron chi connectivity index (χ4n) is 4.17. The van der Waals surface area contributed by atoms with Gasteiger partial charge in [0.25, 0.3) is 0 Å². The third-order valence-electron chi connectivity index (χ3n) is 6.28. The summed E-state index contributed by atoms with van der Waals surface area (Å²) in [6.07, 6.45) is 3.58. The van der Waals surface area contributed by atoms with E-state index in [1.165, 1.54) is 44.5 Å². The van der Waals surface area contributed by atoms with Crippen molar-refractivity contribution in [3.8, 4) is 0 Å². The van der Waals surface area contributed by atoms with Crippen LogP contribution in [0, 0.1) is 5.92 Å². The molecule has 0 aromatic heterocycles. The van der Waals surface area contributed by atoms with E-state index in [0.717, 1.165) is 38.2 Å². The molecular weight excluding hydrogens is 489 g/mol. The molecule has 0 spiro atoms. The number of ether oxygens (including phenoxy) is 1. The lowest BCUT2D eigenvalue weighted by atomic mass is 10.0. The van der Waals surface area contributed by atoms with E-state index >= 15 is 0 Å². The second-order valence-corrected chi connectivity index (χ2v) is 8.65. The van der Waals surface area contributed by atoms with Crippen molar-refractivity contribution in [3.63, 3.8) is 0 Å². The van der Waals surface area contributed by atoms with Crippen molar-refractivity contribution in [2.75, 3.05) is 53.5 Å². The average Bonchev–Trinajstić information content (AvgIpc) is 3.26. The average molecular weight is 530 g/mol. The highest BCUT2D eigenvalue weighted by Crippen LogP contribution is 2.17. The first-order valence-electron chi connectivity index (χ1n) is 11.2. The lowest BCUT2D eigenvalue weighted by Gasteiger charge is -2.34. The van der Waals surface area contributed by atoms with Gasteiger partial charge in [-0.25, -0.2) is 0 Å². The number of piperidine rings is 1. The van der Waals surface area contributed by atoms with Gasteiger partial charge in [0.05, 0.1) is 6.61 Å². The number of guanidine groups is 1. The largest absolute Gasteiger partial charge is 0.381 e. The van der Waals surface area contributed by atoms with E-state index in [-0.39, 0.29) is 24.0 Å². The summed E-state index contributed by atoms with van der Waals surface area (Å²) in [7, 11) is 4.05. The van der Waals surface area contributed by atoms with Gasteiger partial charge in [0.1, 0.15) is 0 Å². The molecule has 0 aliphatic carbocycles. The summed E-state index contributed by atoms with van der Waals surface area (Å²) in [5.74, 6) is 1.66. The summed E-state index contributed by atoms with van der Waals surface area (Å²) in [4.78, 5) is 9.43. The molecule has 170 valence electrons. The molecule has 6 nitrogen and oxygen atoms in total. The molecule has 2 fully saturated rings. The predicted octanol–water partition coefficient (Wildman–Crippen LogP) is 2.79. The Labute approximate surface area is 199 Å². The molecule has 1 aromatic carbocycles. The normalized spacial score (nSPS) is 22.0. The van der Waals surface area contributed by atoms with Crippen molar-refractivity contribution < 1.29 is 4.74 Å². The van der Waals surface area contributed by atoms with Gasteiger partial charge >= 0.3 is 0 Å². The monoisotopic (exact) mass is 529 g/mol. The van der Waals surface area contributed by atoms with E-state index in [9.17, 15) is 0 Å². The minimum absolute atomic E-state index is 0. The minimum atomic E-state index is 0. The molecule has 2 N–H and O–H groups in total. The highest BCUT2D eigenvalue weighted by Gasteiger charge is 2.24. The predicted molar refractivity (Wildman–Crippen MR) is 136 cm³/mol. The number of rotatable bonds is 8. The maximum Gasteiger partial charge on any atom is 0.191 e. The SMILES string of the molecule is CN=C(NCC(C)N(C)Cc1ccccc1)NC1CCN(CC2CCOC2)CC1.I. The maximum atomic E-state index is 5.52. The number of hydrogen-bond donors (Lipinski definition) is 2. The molecule has 2 atom stereocenters. The van der Waals surface area contributed by atoms with Crippen molar-refractivity contribution in [2.45, 2.75) is 44.8 Å². The van der Waals surface area contributed by atoms with Crippen LogP contribution < -0.4 is 10.6 Å². The van der Waals surface area contributed by atoms with Crippen LogP contribution in [0.3, 0.4) is 0 Å². The van der Waals surface area contributed by atoms with E-state index in [1.54, 1.807) is 0 Å². The van der Waals surface area contributed by atoms with Gasteiger partial charge in [-0.1, -0.05) is 30.3 Å². The second-order valence-electron chi connectivity index (χ2n) is 8.65. The quantitative estimate of drug-likeness (QED) is 0.308. The van der Waals surface area contributed by atoms with Gasteiger partial charge < -0.3 is 20.3 Å². The molecule has 2 unspecified atom stereocenters. The van der Waals surface area contributed by atoms with Crippen molar-refractivity contribution in [1.29, 1.82) is 0 Å². The summed E-state index contributed by atoms with van der Waals surface area (Å²) in [5.41, 5.74) is 1.35. The van der Waals surface area contributed by atoms with E-state index in [2.05, 4.69) is 69.7 Å². The maximum absolute atomic E-state index is 5.52. The molecule has 2 aliphatic heterocycles. The van der Waals surface area contributed by atoms with Crippen LogP contribution in [0.2, 0.25) is 0 Å². The second kappa shape index (κ2) is 13.5. The van der Waals surface area contributed by atoms with Crippen LogP contribution in [-0.4, -0.2) is 81.3 Å². The molecule has 0 radical (unpaired) electrons. The van der Waals surface area contributed by atoms with Gasteiger partial charge in [-0.15, -0.1) is 24.0 Å². The van der Waals surface area contributed by atoms with Gasteiger partial charge in [-0.3, -0.25) is 9.89 Å². The zero-order chi connectivity index (χ0) is 20.5. The van der Waals surface area contributed by atoms with Crippen LogP contribution in [0.5, 0.6) is 0 Å². The Bertz CT molecular complexity index is 615. The summed E-state index contributed by atoms with van der Waals surface area (Å²) in [5, 5.41) is 7.15. The number of halogens is 1. The third-order valence-corrected chi connectivity index (χ3v) is 6.28. The molecule has 0 bridgehead atoms. The van der Waals surface area contributed by atoms with Crippen LogP contribution in [0.4, 0.5) is 0 Å². The van der Waals surface area contributed by atoms with E-state index in [4.69, 9.17) is 4.74 Å². The number of benzene rings is 1. The zero-order valence-corrected chi connectivity index (χ0v) is 21.2. The number of likely N-dealkylation sites (N-methyl/N-ethyl adjacent to an activating group) is 1. The Balaban J connectivity index is 0.00000320. The lowest BCUT2D eigenvalue weighted by Crippen LogP contribution is -2.51.